The highest BCUT2D eigenvalue weighted by Crippen LogP contribution is 2.11. The van der Waals surface area contributed by atoms with Gasteiger partial charge in [0, 0.05) is 24.7 Å². The zero-order valence-electron chi connectivity index (χ0n) is 13.6. The number of nitrogens with one attached hydrogen (secondary N) is 1. The maximum absolute atomic E-state index is 4.66. The fourth-order valence-electron chi connectivity index (χ4n) is 2.54. The largest absolute Gasteiger partial charge is 0.314 e. The summed E-state index contributed by atoms with van der Waals surface area (Å²) in [4.78, 5) is 0. The van der Waals surface area contributed by atoms with Gasteiger partial charge in [0.15, 0.2) is 0 Å². The Morgan fingerprint density at radius 2 is 1.81 bits per heavy atom. The van der Waals surface area contributed by atoms with Crippen LogP contribution in [0.3, 0.4) is 0 Å². The first-order chi connectivity index (χ1) is 10.1. The second-order valence-electron chi connectivity index (χ2n) is 6.03. The normalized spacial score (nSPS) is 12.8. The fraction of sp³-hybridized carbons (Fsp3) is 0.500. The summed E-state index contributed by atoms with van der Waals surface area (Å²) >= 11 is 0. The molecular formula is C18H27N3. The molecule has 0 fully saturated rings. The van der Waals surface area contributed by atoms with Crippen LogP contribution in [0.25, 0.3) is 0 Å². The summed E-state index contributed by atoms with van der Waals surface area (Å²) in [5.74, 6) is 0. The highest BCUT2D eigenvalue weighted by atomic mass is 15.3. The third-order valence-electron chi connectivity index (χ3n) is 3.74. The molecule has 0 aliphatic heterocycles. The minimum absolute atomic E-state index is 0.424. The first-order valence-electron chi connectivity index (χ1n) is 7.91. The Morgan fingerprint density at radius 1 is 1.10 bits per heavy atom. The first-order valence-corrected chi connectivity index (χ1v) is 7.91. The van der Waals surface area contributed by atoms with Crippen LogP contribution in [0.5, 0.6) is 0 Å². The topological polar surface area (TPSA) is 29.9 Å². The van der Waals surface area contributed by atoms with Crippen molar-refractivity contribution in [3.63, 3.8) is 0 Å². The number of benzene rings is 1. The molecule has 1 atom stereocenters. The molecule has 0 aliphatic carbocycles. The van der Waals surface area contributed by atoms with Gasteiger partial charge in [-0.25, -0.2) is 0 Å². The third kappa shape index (κ3) is 4.71. The van der Waals surface area contributed by atoms with E-state index in [1.807, 2.05) is 4.68 Å². The van der Waals surface area contributed by atoms with E-state index in [2.05, 4.69) is 74.6 Å². The van der Waals surface area contributed by atoms with Crippen molar-refractivity contribution < 1.29 is 0 Å². The molecule has 2 aromatic rings. The molecule has 1 heterocycles. The van der Waals surface area contributed by atoms with Gasteiger partial charge in [-0.3, -0.25) is 4.68 Å². The number of nitrogens with zero attached hydrogens (tertiary/aromatic N) is 2. The van der Waals surface area contributed by atoms with Crippen molar-refractivity contribution in [3.05, 3.63) is 53.3 Å². The van der Waals surface area contributed by atoms with Crippen LogP contribution in [0.2, 0.25) is 0 Å². The minimum Gasteiger partial charge on any atom is -0.314 e. The summed E-state index contributed by atoms with van der Waals surface area (Å²) in [5.41, 5.74) is 3.87. The molecule has 0 spiro atoms. The zero-order chi connectivity index (χ0) is 15.2. The SMILES string of the molecule is CCNC(Cc1ccc(C)cc1)Cc1ccn(C(C)C)n1. The molecule has 1 aromatic heterocycles. The average molecular weight is 285 g/mol. The van der Waals surface area contributed by atoms with Crippen LogP contribution in [0.15, 0.2) is 36.5 Å². The Balaban J connectivity index is 2.02. The van der Waals surface area contributed by atoms with Gasteiger partial charge >= 0.3 is 0 Å². The van der Waals surface area contributed by atoms with Crippen LogP contribution in [0.1, 0.15) is 43.6 Å². The molecule has 2 rings (SSSR count). The van der Waals surface area contributed by atoms with E-state index < -0.39 is 0 Å². The Bertz CT molecular complexity index is 540. The molecule has 0 radical (unpaired) electrons. The van der Waals surface area contributed by atoms with E-state index in [4.69, 9.17) is 0 Å². The molecule has 0 amide bonds. The van der Waals surface area contributed by atoms with Gasteiger partial charge in [-0.15, -0.1) is 0 Å². The minimum atomic E-state index is 0.424. The molecule has 3 heteroatoms. The summed E-state index contributed by atoms with van der Waals surface area (Å²) < 4.78 is 2.03. The van der Waals surface area contributed by atoms with E-state index in [1.165, 1.54) is 16.8 Å². The van der Waals surface area contributed by atoms with E-state index in [0.29, 0.717) is 12.1 Å². The average Bonchev–Trinajstić information content (AvgIpc) is 2.90. The predicted molar refractivity (Wildman–Crippen MR) is 88.7 cm³/mol. The van der Waals surface area contributed by atoms with Crippen LogP contribution in [-0.2, 0) is 12.8 Å². The summed E-state index contributed by atoms with van der Waals surface area (Å²) in [6.45, 7) is 9.59. The molecule has 1 aromatic carbocycles. The van der Waals surface area contributed by atoms with Gasteiger partial charge in [0.1, 0.15) is 0 Å². The Hall–Kier alpha value is -1.61. The molecule has 0 saturated carbocycles. The van der Waals surface area contributed by atoms with E-state index in [-0.39, 0.29) is 0 Å². The Kier molecular flexibility index (Phi) is 5.57. The number of aryl methyl sites for hydroxylation is 1. The molecule has 21 heavy (non-hydrogen) atoms. The van der Waals surface area contributed by atoms with E-state index >= 15 is 0 Å². The lowest BCUT2D eigenvalue weighted by Crippen LogP contribution is -2.33. The monoisotopic (exact) mass is 285 g/mol. The summed E-state index contributed by atoms with van der Waals surface area (Å²) in [7, 11) is 0. The lowest BCUT2D eigenvalue weighted by molar-refractivity contribution is 0.494. The van der Waals surface area contributed by atoms with E-state index in [0.717, 1.165) is 19.4 Å². The van der Waals surface area contributed by atoms with Gasteiger partial charge < -0.3 is 5.32 Å². The molecule has 114 valence electrons. The number of aromatic nitrogens is 2. The molecule has 3 nitrogen and oxygen atoms in total. The summed E-state index contributed by atoms with van der Waals surface area (Å²) in [6, 6.07) is 11.8. The number of hydrogen-bond donors (Lipinski definition) is 1. The van der Waals surface area contributed by atoms with Crippen molar-refractivity contribution in [3.8, 4) is 0 Å². The summed E-state index contributed by atoms with van der Waals surface area (Å²) in [6.07, 6.45) is 4.10. The van der Waals surface area contributed by atoms with Crippen LogP contribution >= 0.6 is 0 Å². The van der Waals surface area contributed by atoms with Crippen LogP contribution in [0.4, 0.5) is 0 Å². The smallest absolute Gasteiger partial charge is 0.0640 e. The van der Waals surface area contributed by atoms with Gasteiger partial charge in [0.2, 0.25) is 0 Å². The van der Waals surface area contributed by atoms with Gasteiger partial charge in [-0.05, 0) is 45.4 Å². The second kappa shape index (κ2) is 7.41. The van der Waals surface area contributed by atoms with Gasteiger partial charge in [0.25, 0.3) is 0 Å². The third-order valence-corrected chi connectivity index (χ3v) is 3.74. The van der Waals surface area contributed by atoms with Crippen LogP contribution in [-0.4, -0.2) is 22.4 Å². The van der Waals surface area contributed by atoms with Gasteiger partial charge in [-0.1, -0.05) is 36.8 Å². The van der Waals surface area contributed by atoms with Crippen LogP contribution in [0, 0.1) is 6.92 Å². The lowest BCUT2D eigenvalue weighted by Gasteiger charge is -2.17. The fourth-order valence-corrected chi connectivity index (χ4v) is 2.54. The maximum Gasteiger partial charge on any atom is 0.0640 e. The van der Waals surface area contributed by atoms with E-state index in [1.54, 1.807) is 0 Å². The molecule has 0 saturated heterocycles. The molecular weight excluding hydrogens is 258 g/mol. The maximum atomic E-state index is 4.66. The first kappa shape index (κ1) is 15.8. The second-order valence-corrected chi connectivity index (χ2v) is 6.03. The lowest BCUT2D eigenvalue weighted by atomic mass is 10.0. The number of rotatable bonds is 7. The summed E-state index contributed by atoms with van der Waals surface area (Å²) in [5, 5.41) is 8.25. The molecule has 0 bridgehead atoms. The quantitative estimate of drug-likeness (QED) is 0.843. The van der Waals surface area contributed by atoms with Crippen LogP contribution < -0.4 is 5.32 Å². The van der Waals surface area contributed by atoms with Gasteiger partial charge in [-0.2, -0.15) is 5.10 Å². The van der Waals surface area contributed by atoms with Crippen molar-refractivity contribution in [1.29, 1.82) is 0 Å². The molecule has 0 aliphatic rings. The van der Waals surface area contributed by atoms with Crippen molar-refractivity contribution in [2.45, 2.75) is 52.6 Å². The Morgan fingerprint density at radius 3 is 2.38 bits per heavy atom. The van der Waals surface area contributed by atoms with Crippen molar-refractivity contribution in [2.75, 3.05) is 6.54 Å². The highest BCUT2D eigenvalue weighted by molar-refractivity contribution is 5.22. The number of likely N-dealkylation sites (N-methyl/N-ethyl adjacent to an activating group) is 1. The van der Waals surface area contributed by atoms with Crippen molar-refractivity contribution >= 4 is 0 Å². The standard InChI is InChI=1S/C18H27N3/c1-5-19-18(12-16-8-6-15(4)7-9-16)13-17-10-11-21(20-17)14(2)3/h6-11,14,18-19H,5,12-13H2,1-4H3. The highest BCUT2D eigenvalue weighted by Gasteiger charge is 2.12. The number of hydrogen-bond acceptors (Lipinski definition) is 2. The zero-order valence-corrected chi connectivity index (χ0v) is 13.6. The Labute approximate surface area is 128 Å². The van der Waals surface area contributed by atoms with Gasteiger partial charge in [0.05, 0.1) is 5.69 Å². The van der Waals surface area contributed by atoms with Crippen molar-refractivity contribution in [1.82, 2.24) is 15.1 Å². The molecule has 1 unspecified atom stereocenters. The van der Waals surface area contributed by atoms with E-state index in [9.17, 15) is 0 Å². The predicted octanol–water partition coefficient (Wildman–Crippen LogP) is 3.54. The van der Waals surface area contributed by atoms with Crippen molar-refractivity contribution in [2.24, 2.45) is 0 Å². The molecule has 1 N–H and O–H groups in total.